The van der Waals surface area contributed by atoms with Crippen LogP contribution in [0.15, 0.2) is 85.2 Å². The Balaban J connectivity index is 1.15. The molecule has 41 heteroatoms. The third kappa shape index (κ3) is 26.4. The van der Waals surface area contributed by atoms with Gasteiger partial charge in [-0.05, 0) is 85.9 Å². The Morgan fingerprint density at radius 2 is 0.992 bits per heavy atom. The van der Waals surface area contributed by atoms with Crippen molar-refractivity contribution < 1.29 is 107 Å². The van der Waals surface area contributed by atoms with E-state index in [1.165, 1.54) is 52.3 Å². The second kappa shape index (κ2) is 46.8. The predicted octanol–water partition coefficient (Wildman–Crippen LogP) is -4.06. The highest BCUT2D eigenvalue weighted by atomic mass is 32.2. The molecule has 0 saturated carbocycles. The van der Waals surface area contributed by atoms with E-state index < -0.39 is 243 Å². The molecule has 15 atom stereocenters. The van der Waals surface area contributed by atoms with Crippen molar-refractivity contribution >= 4 is 128 Å². The zero-order chi connectivity index (χ0) is 91.6. The molecule has 5 heterocycles. The molecular weight excluding hydrogens is 1650 g/mol. The van der Waals surface area contributed by atoms with Gasteiger partial charge >= 0.3 is 0 Å². The van der Waals surface area contributed by atoms with Crippen molar-refractivity contribution in [3.05, 3.63) is 102 Å². The zero-order valence-electron chi connectivity index (χ0n) is 71.3. The number of aromatic hydroxyl groups is 1. The van der Waals surface area contributed by atoms with E-state index >= 15 is 28.8 Å². The number of hydrogen-bond donors (Lipinski definition) is 19. The number of fused-ring (bicyclic) bond motifs is 4. The van der Waals surface area contributed by atoms with Gasteiger partial charge in [-0.25, -0.2) is 0 Å². The minimum atomic E-state index is -1.89. The molecule has 0 spiro atoms. The molecule has 3 aromatic carbocycles. The molecule has 40 nitrogen and oxygen atoms in total. The number of hydrogen-bond acceptors (Lipinski definition) is 23. The number of rotatable bonds is 21. The Hall–Kier alpha value is -11.8. The van der Waals surface area contributed by atoms with Gasteiger partial charge in [-0.1, -0.05) is 102 Å². The van der Waals surface area contributed by atoms with Crippen LogP contribution in [-0.2, 0) is 96.0 Å². The van der Waals surface area contributed by atoms with Gasteiger partial charge in [0.1, 0.15) is 90.3 Å². The van der Waals surface area contributed by atoms with Gasteiger partial charge in [-0.3, -0.25) is 76.7 Å². The number of aliphatic hydroxyl groups excluding tert-OH is 5. The number of nitrogens with zero attached hydrogens (tertiary/aromatic N) is 5. The normalized spacial score (nSPS) is 25.9. The van der Waals surface area contributed by atoms with E-state index in [2.05, 4.69) is 63.1 Å². The average molecular weight is 1760 g/mol. The van der Waals surface area contributed by atoms with Crippen LogP contribution in [0.1, 0.15) is 116 Å². The zero-order valence-corrected chi connectivity index (χ0v) is 72.1. The number of phenols is 1. The Labute approximate surface area is 726 Å². The monoisotopic (exact) mass is 1760 g/mol. The van der Waals surface area contributed by atoms with E-state index in [1.807, 2.05) is 13.8 Å². The summed E-state index contributed by atoms with van der Waals surface area (Å²) in [7, 11) is 3.83. The van der Waals surface area contributed by atoms with Crippen LogP contribution < -0.4 is 58.9 Å². The van der Waals surface area contributed by atoms with Gasteiger partial charge in [0.25, 0.3) is 0 Å². The molecule has 3 fully saturated rings. The predicted molar refractivity (Wildman–Crippen MR) is 456 cm³/mol. The smallest absolute Gasteiger partial charge is 0.248 e. The second-order valence-corrected chi connectivity index (χ2v) is 33.1. The highest BCUT2D eigenvalue weighted by Crippen LogP contribution is 2.27. The lowest BCUT2D eigenvalue weighted by molar-refractivity contribution is -0.149. The van der Waals surface area contributed by atoms with Crippen molar-refractivity contribution in [2.75, 3.05) is 78.7 Å². The average Bonchev–Trinajstić information content (AvgIpc) is 1.72. The number of carbonyl (C=O) groups is 16. The van der Waals surface area contributed by atoms with Crippen LogP contribution in [-0.4, -0.2) is 329 Å². The van der Waals surface area contributed by atoms with Crippen LogP contribution in [0.2, 0.25) is 0 Å². The summed E-state index contributed by atoms with van der Waals surface area (Å²) in [6, 6.07) is -2.87. The minimum Gasteiger partial charge on any atom is -0.508 e. The number of thioether (sulfide) groups is 1. The lowest BCUT2D eigenvalue weighted by Gasteiger charge is -2.36. The van der Waals surface area contributed by atoms with E-state index in [0.717, 1.165) is 36.3 Å². The number of aliphatic hydroxyl groups is 5. The number of aromatic amines is 2. The third-order valence-electron chi connectivity index (χ3n) is 22.5. The summed E-state index contributed by atoms with van der Waals surface area (Å²) in [4.78, 5) is 243. The number of primary amides is 1. The number of carbonyl (C=O) groups excluding carboxylic acids is 16. The summed E-state index contributed by atoms with van der Waals surface area (Å²) >= 11 is 0.733. The SMILES string of the molecule is CCCC[C@H]1C(=O)N(C)[C@@H](CCCC)C(=O)N[C@@H](CO)C(=O)N[C@H](C(=O)NCC(N)=O)CSCC(=O)N[C@@H](Cc2ccc(O)cc2)C(=O)N(C)[C@@H](C)C(=O)N[C@@H](CO)C(=O)N2CCC[C@H]2C(=O)N[C@@H](CO)C(=O)N[C@@H](CC(C)C)C(=O)N2C[C@H](O)C[C@H]2C(=O)N[C@@H](Cc2c[nH]c3ccccc23)C(=O)N[C@@H](CO)C(=O)N[C@@H](Cc2c[nH]c3ccccc23)C(=O)N1C. The molecule has 5 aromatic rings. The summed E-state index contributed by atoms with van der Waals surface area (Å²) < 4.78 is 0. The molecule has 0 aliphatic carbocycles. The number of phenolic OH excluding ortho intramolecular Hbond substituents is 1. The Bertz CT molecular complexity index is 4660. The molecule has 20 N–H and O–H groups in total. The van der Waals surface area contributed by atoms with Gasteiger partial charge in [0.15, 0.2) is 0 Å². The van der Waals surface area contributed by atoms with Gasteiger partial charge in [-0.15, -0.1) is 11.8 Å². The quantitative estimate of drug-likeness (QED) is 0.0332. The standard InChI is InChI=1S/C84H118N18O22S/c1-9-11-22-65-77(117)94-62(41-105)76(116)97-64(72(112)88-37-69(85)109)43-125-44-70(110)89-58(31-47-25-27-50(107)28-26-47)80(120)98(6)46(5)71(111)96-63(42-106)83(123)101-29-17-24-66(101)78(118)95-61(40-104)75(115)91-57(30-45(3)4)82(122)102-38-51(108)34-68(102)79(119)90-56(32-48-35-86-54-20-15-13-18-52(48)54)73(113)93-60(39-103)74(114)92-59(33-49-36-87-55-21-16-14-19-53(49)55)81(121)100(8)67(23-12-10-2)84(124)99(65)7/h13-16,18-21,25-28,35-36,45-46,51,56-68,86-87,103-108H,9-12,17,22-24,29-34,37-44H2,1-8H3,(H2,85,109)(H,88,112)(H,89,110)(H,90,119)(H,91,115)(H,92,114)(H,93,113)(H,94,117)(H,95,118)(H,96,111)(H,97,116)/t46-,51+,56-,57-,58-,59-,60-,61-,62-,63-,64-,65-,66-,67-,68-/m0/s1. The van der Waals surface area contributed by atoms with Crippen molar-refractivity contribution in [2.45, 2.75) is 209 Å². The minimum absolute atomic E-state index is 0.0174. The van der Waals surface area contributed by atoms with E-state index in [-0.39, 0.29) is 69.6 Å². The molecule has 3 aliphatic rings. The Kier molecular flexibility index (Phi) is 36.9. The van der Waals surface area contributed by atoms with E-state index in [4.69, 9.17) is 5.73 Å². The second-order valence-electron chi connectivity index (χ2n) is 32.1. The van der Waals surface area contributed by atoms with Crippen molar-refractivity contribution in [2.24, 2.45) is 11.7 Å². The number of likely N-dealkylation sites (N-methyl/N-ethyl adjacent to an activating group) is 3. The lowest BCUT2D eigenvalue weighted by atomic mass is 10.00. The maximum absolute atomic E-state index is 15.6. The van der Waals surface area contributed by atoms with Crippen LogP contribution in [0.5, 0.6) is 5.75 Å². The van der Waals surface area contributed by atoms with Gasteiger partial charge in [0.2, 0.25) is 94.5 Å². The maximum atomic E-state index is 15.6. The topological polar surface area (TPSA) is 589 Å². The molecule has 3 aliphatic heterocycles. The molecular formula is C84H118N18O22S. The fourth-order valence-corrected chi connectivity index (χ4v) is 16.2. The number of benzene rings is 3. The number of para-hydroxylation sites is 2. The summed E-state index contributed by atoms with van der Waals surface area (Å²) in [5, 5.41) is 91.3. The van der Waals surface area contributed by atoms with Crippen LogP contribution in [0, 0.1) is 5.92 Å². The van der Waals surface area contributed by atoms with Crippen molar-refractivity contribution in [3.8, 4) is 5.75 Å². The van der Waals surface area contributed by atoms with Crippen molar-refractivity contribution in [3.63, 3.8) is 0 Å². The largest absolute Gasteiger partial charge is 0.508 e. The van der Waals surface area contributed by atoms with Crippen LogP contribution in [0.3, 0.4) is 0 Å². The summed E-state index contributed by atoms with van der Waals surface area (Å²) in [5.74, 6) is -17.2. The lowest BCUT2D eigenvalue weighted by Crippen LogP contribution is -2.62. The number of unbranched alkanes of at least 4 members (excludes halogenated alkanes) is 2. The Morgan fingerprint density at radius 1 is 0.520 bits per heavy atom. The highest BCUT2D eigenvalue weighted by molar-refractivity contribution is 8.00. The summed E-state index contributed by atoms with van der Waals surface area (Å²) in [5.41, 5.74) is 8.00. The summed E-state index contributed by atoms with van der Waals surface area (Å²) in [6.45, 7) is 2.71. The number of aromatic nitrogens is 2. The number of H-pyrrole nitrogens is 2. The molecule has 682 valence electrons. The maximum Gasteiger partial charge on any atom is 0.248 e. The van der Waals surface area contributed by atoms with Gasteiger partial charge < -0.3 is 124 Å². The molecule has 2 aromatic heterocycles. The van der Waals surface area contributed by atoms with Crippen molar-refractivity contribution in [1.29, 1.82) is 0 Å². The first-order valence-corrected chi connectivity index (χ1v) is 43.0. The van der Waals surface area contributed by atoms with Crippen molar-refractivity contribution in [1.82, 2.24) is 87.6 Å². The van der Waals surface area contributed by atoms with E-state index in [9.17, 15) is 78.6 Å². The van der Waals surface area contributed by atoms with Crippen LogP contribution in [0.25, 0.3) is 21.8 Å². The molecule has 3 saturated heterocycles. The summed E-state index contributed by atoms with van der Waals surface area (Å²) in [6.07, 6.45) is 2.18. The first kappa shape index (κ1) is 98.6. The molecule has 0 unspecified atom stereocenters. The van der Waals surface area contributed by atoms with E-state index in [0.29, 0.717) is 64.2 Å². The van der Waals surface area contributed by atoms with Gasteiger partial charge in [-0.2, -0.15) is 0 Å². The van der Waals surface area contributed by atoms with Crippen LogP contribution in [0.4, 0.5) is 0 Å². The van der Waals surface area contributed by atoms with Crippen LogP contribution >= 0.6 is 11.8 Å². The van der Waals surface area contributed by atoms with Gasteiger partial charge in [0.05, 0.1) is 44.8 Å². The Morgan fingerprint density at radius 3 is 1.56 bits per heavy atom. The number of nitrogens with two attached hydrogens (primary N) is 1. The van der Waals surface area contributed by atoms with E-state index in [1.54, 1.807) is 74.8 Å². The molecule has 0 bridgehead atoms. The highest BCUT2D eigenvalue weighted by Gasteiger charge is 2.46. The fourth-order valence-electron chi connectivity index (χ4n) is 15.3. The molecule has 0 radical (unpaired) electrons. The third-order valence-corrected chi connectivity index (χ3v) is 23.5. The molecule has 125 heavy (non-hydrogen) atoms. The first-order chi connectivity index (χ1) is 59.6. The number of amides is 16. The first-order valence-electron chi connectivity index (χ1n) is 41.8. The number of nitrogens with one attached hydrogen (secondary N) is 12. The molecule has 16 amide bonds. The van der Waals surface area contributed by atoms with Gasteiger partial charge in [0, 0.05) is 99.9 Å². The molecule has 8 rings (SSSR count). The fraction of sp³-hybridized carbons (Fsp3) is 0.548.